The number of nitrogens with two attached hydrogens (primary N) is 1. The summed E-state index contributed by atoms with van der Waals surface area (Å²) in [5.74, 6) is 2.45. The summed E-state index contributed by atoms with van der Waals surface area (Å²) < 4.78 is 11.6. The van der Waals surface area contributed by atoms with E-state index in [0.717, 1.165) is 36.7 Å². The summed E-state index contributed by atoms with van der Waals surface area (Å²) in [5, 5.41) is 0. The van der Waals surface area contributed by atoms with E-state index >= 15 is 0 Å². The van der Waals surface area contributed by atoms with Crippen LogP contribution in [0.25, 0.3) is 0 Å². The average Bonchev–Trinajstić information content (AvgIpc) is 2.39. The summed E-state index contributed by atoms with van der Waals surface area (Å²) in [5.41, 5.74) is 6.82. The molecule has 1 aromatic carbocycles. The fraction of sp³-hybridized carbons (Fsp3) is 0.625. The van der Waals surface area contributed by atoms with Gasteiger partial charge in [0.15, 0.2) is 11.5 Å². The minimum absolute atomic E-state index is 0.325. The molecular formula is C16H25NO2. The van der Waals surface area contributed by atoms with Gasteiger partial charge in [-0.3, -0.25) is 0 Å². The molecule has 0 radical (unpaired) electrons. The molecule has 1 saturated carbocycles. The van der Waals surface area contributed by atoms with Crippen LogP contribution in [0.1, 0.15) is 38.2 Å². The fourth-order valence-corrected chi connectivity index (χ4v) is 2.80. The molecule has 1 fully saturated rings. The van der Waals surface area contributed by atoms with Crippen LogP contribution in [0.4, 0.5) is 0 Å². The molecule has 2 unspecified atom stereocenters. The molecule has 1 aliphatic carbocycles. The Hall–Kier alpha value is -1.22. The Kier molecular flexibility index (Phi) is 5.08. The van der Waals surface area contributed by atoms with Crippen molar-refractivity contribution in [3.8, 4) is 11.5 Å². The van der Waals surface area contributed by atoms with Gasteiger partial charge in [0, 0.05) is 0 Å². The molecule has 3 nitrogen and oxygen atoms in total. The molecule has 3 heteroatoms. The van der Waals surface area contributed by atoms with Crippen LogP contribution in [0.5, 0.6) is 11.5 Å². The standard InChI is InChI=1S/C16H25NO2/c1-12-4-3-5-14(10-12)19-16-11-13(8-9-17)6-7-15(16)18-2/h6-7,11-12,14H,3-5,8-10,17H2,1-2H3. The summed E-state index contributed by atoms with van der Waals surface area (Å²) >= 11 is 0. The smallest absolute Gasteiger partial charge is 0.161 e. The number of hydrogen-bond donors (Lipinski definition) is 1. The third kappa shape index (κ3) is 3.87. The topological polar surface area (TPSA) is 44.5 Å². The molecule has 106 valence electrons. The van der Waals surface area contributed by atoms with Crippen molar-refractivity contribution in [3.05, 3.63) is 23.8 Å². The highest BCUT2D eigenvalue weighted by molar-refractivity contribution is 5.43. The average molecular weight is 263 g/mol. The highest BCUT2D eigenvalue weighted by Crippen LogP contribution is 2.33. The monoisotopic (exact) mass is 263 g/mol. The Labute approximate surface area is 116 Å². The molecule has 1 aliphatic rings. The molecular weight excluding hydrogens is 238 g/mol. The van der Waals surface area contributed by atoms with E-state index in [-0.39, 0.29) is 0 Å². The number of benzene rings is 1. The molecule has 0 aromatic heterocycles. The molecule has 0 aliphatic heterocycles. The molecule has 19 heavy (non-hydrogen) atoms. The van der Waals surface area contributed by atoms with E-state index < -0.39 is 0 Å². The van der Waals surface area contributed by atoms with E-state index in [1.54, 1.807) is 7.11 Å². The maximum atomic E-state index is 6.17. The molecule has 2 N–H and O–H groups in total. The lowest BCUT2D eigenvalue weighted by molar-refractivity contribution is 0.125. The normalized spacial score (nSPS) is 23.1. The second-order valence-corrected chi connectivity index (χ2v) is 5.54. The van der Waals surface area contributed by atoms with Gasteiger partial charge in [0.05, 0.1) is 13.2 Å². The summed E-state index contributed by atoms with van der Waals surface area (Å²) in [6.45, 7) is 2.96. The first-order chi connectivity index (χ1) is 9.22. The van der Waals surface area contributed by atoms with E-state index in [0.29, 0.717) is 12.6 Å². The summed E-state index contributed by atoms with van der Waals surface area (Å²) in [6, 6.07) is 6.11. The molecule has 0 spiro atoms. The zero-order chi connectivity index (χ0) is 13.7. The van der Waals surface area contributed by atoms with Gasteiger partial charge in [0.25, 0.3) is 0 Å². The minimum atomic E-state index is 0.325. The van der Waals surface area contributed by atoms with Gasteiger partial charge in [-0.1, -0.05) is 19.4 Å². The van der Waals surface area contributed by atoms with E-state index in [2.05, 4.69) is 19.1 Å². The number of methoxy groups -OCH3 is 1. The van der Waals surface area contributed by atoms with E-state index in [4.69, 9.17) is 15.2 Å². The zero-order valence-electron chi connectivity index (χ0n) is 12.0. The van der Waals surface area contributed by atoms with Crippen LogP contribution >= 0.6 is 0 Å². The zero-order valence-corrected chi connectivity index (χ0v) is 12.0. The molecule has 0 amide bonds. The first-order valence-electron chi connectivity index (χ1n) is 7.26. The summed E-state index contributed by atoms with van der Waals surface area (Å²) in [7, 11) is 1.69. The Morgan fingerprint density at radius 1 is 1.26 bits per heavy atom. The van der Waals surface area contributed by atoms with Crippen molar-refractivity contribution in [2.75, 3.05) is 13.7 Å². The first kappa shape index (κ1) is 14.2. The number of ether oxygens (including phenoxy) is 2. The fourth-order valence-electron chi connectivity index (χ4n) is 2.80. The van der Waals surface area contributed by atoms with Gasteiger partial charge in [-0.2, -0.15) is 0 Å². The van der Waals surface area contributed by atoms with Crippen molar-refractivity contribution in [2.24, 2.45) is 11.7 Å². The lowest BCUT2D eigenvalue weighted by atomic mass is 9.89. The number of rotatable bonds is 5. The summed E-state index contributed by atoms with van der Waals surface area (Å²) in [6.07, 6.45) is 6.08. The van der Waals surface area contributed by atoms with Crippen LogP contribution in [0, 0.1) is 5.92 Å². The molecule has 1 aromatic rings. The van der Waals surface area contributed by atoms with Gasteiger partial charge >= 0.3 is 0 Å². The lowest BCUT2D eigenvalue weighted by Crippen LogP contribution is -2.24. The van der Waals surface area contributed by atoms with Crippen LogP contribution in [0.2, 0.25) is 0 Å². The Bertz CT molecular complexity index is 406. The van der Waals surface area contributed by atoms with Crippen LogP contribution in [0.15, 0.2) is 18.2 Å². The molecule has 2 rings (SSSR count). The second kappa shape index (κ2) is 6.80. The van der Waals surface area contributed by atoms with E-state index in [1.165, 1.54) is 18.4 Å². The quantitative estimate of drug-likeness (QED) is 0.887. The van der Waals surface area contributed by atoms with Crippen molar-refractivity contribution in [1.82, 2.24) is 0 Å². The molecule has 0 bridgehead atoms. The predicted molar refractivity (Wildman–Crippen MR) is 77.8 cm³/mol. The lowest BCUT2D eigenvalue weighted by Gasteiger charge is -2.28. The Balaban J connectivity index is 2.10. The first-order valence-corrected chi connectivity index (χ1v) is 7.26. The largest absolute Gasteiger partial charge is 0.493 e. The number of hydrogen-bond acceptors (Lipinski definition) is 3. The van der Waals surface area contributed by atoms with Crippen LogP contribution in [-0.4, -0.2) is 19.8 Å². The van der Waals surface area contributed by atoms with Crippen molar-refractivity contribution >= 4 is 0 Å². The van der Waals surface area contributed by atoms with E-state index in [9.17, 15) is 0 Å². The van der Waals surface area contributed by atoms with Crippen LogP contribution in [0.3, 0.4) is 0 Å². The molecule has 0 heterocycles. The highest BCUT2D eigenvalue weighted by atomic mass is 16.5. The molecule has 0 saturated heterocycles. The van der Waals surface area contributed by atoms with Gasteiger partial charge in [-0.15, -0.1) is 0 Å². The second-order valence-electron chi connectivity index (χ2n) is 5.54. The maximum Gasteiger partial charge on any atom is 0.161 e. The van der Waals surface area contributed by atoms with Crippen LogP contribution < -0.4 is 15.2 Å². The summed E-state index contributed by atoms with van der Waals surface area (Å²) in [4.78, 5) is 0. The van der Waals surface area contributed by atoms with Gasteiger partial charge in [-0.05, 0) is 55.8 Å². The van der Waals surface area contributed by atoms with Gasteiger partial charge in [0.1, 0.15) is 0 Å². The minimum Gasteiger partial charge on any atom is -0.493 e. The van der Waals surface area contributed by atoms with Gasteiger partial charge in [0.2, 0.25) is 0 Å². The van der Waals surface area contributed by atoms with Crippen molar-refractivity contribution in [3.63, 3.8) is 0 Å². The van der Waals surface area contributed by atoms with Crippen molar-refractivity contribution in [2.45, 2.75) is 45.1 Å². The third-order valence-corrected chi connectivity index (χ3v) is 3.84. The van der Waals surface area contributed by atoms with Crippen molar-refractivity contribution < 1.29 is 9.47 Å². The van der Waals surface area contributed by atoms with E-state index in [1.807, 2.05) is 6.07 Å². The third-order valence-electron chi connectivity index (χ3n) is 3.84. The molecule has 2 atom stereocenters. The SMILES string of the molecule is COc1ccc(CCN)cc1OC1CCCC(C)C1. The Morgan fingerprint density at radius 2 is 2.11 bits per heavy atom. The van der Waals surface area contributed by atoms with Gasteiger partial charge < -0.3 is 15.2 Å². The Morgan fingerprint density at radius 3 is 2.79 bits per heavy atom. The van der Waals surface area contributed by atoms with Gasteiger partial charge in [-0.25, -0.2) is 0 Å². The highest BCUT2D eigenvalue weighted by Gasteiger charge is 2.21. The van der Waals surface area contributed by atoms with Crippen molar-refractivity contribution in [1.29, 1.82) is 0 Å². The predicted octanol–water partition coefficient (Wildman–Crippen LogP) is 3.15. The maximum absolute atomic E-state index is 6.17. The van der Waals surface area contributed by atoms with Crippen LogP contribution in [-0.2, 0) is 6.42 Å².